The quantitative estimate of drug-likeness (QED) is 0.884. The van der Waals surface area contributed by atoms with Crippen LogP contribution in [0.2, 0.25) is 0 Å². The molecule has 2 unspecified atom stereocenters. The van der Waals surface area contributed by atoms with Crippen LogP contribution in [0.4, 0.5) is 4.39 Å². The summed E-state index contributed by atoms with van der Waals surface area (Å²) in [5, 5.41) is 3.34. The summed E-state index contributed by atoms with van der Waals surface area (Å²) in [4.78, 5) is 2.22. The van der Waals surface area contributed by atoms with E-state index in [2.05, 4.69) is 17.3 Å². The van der Waals surface area contributed by atoms with Crippen LogP contribution in [0.5, 0.6) is 0 Å². The molecular formula is C14H21FN2O. The predicted molar refractivity (Wildman–Crippen MR) is 70.1 cm³/mol. The van der Waals surface area contributed by atoms with Crippen LogP contribution in [0.1, 0.15) is 18.5 Å². The molecule has 0 aliphatic carbocycles. The van der Waals surface area contributed by atoms with Gasteiger partial charge in [0.15, 0.2) is 0 Å². The van der Waals surface area contributed by atoms with E-state index in [1.165, 1.54) is 6.07 Å². The molecular weight excluding hydrogens is 231 g/mol. The van der Waals surface area contributed by atoms with E-state index in [1.807, 2.05) is 19.1 Å². The Hall–Kier alpha value is -0.970. The summed E-state index contributed by atoms with van der Waals surface area (Å²) >= 11 is 0. The Morgan fingerprint density at radius 2 is 2.28 bits per heavy atom. The Labute approximate surface area is 108 Å². The summed E-state index contributed by atoms with van der Waals surface area (Å²) in [6.45, 7) is 5.29. The first-order chi connectivity index (χ1) is 8.72. The third-order valence-corrected chi connectivity index (χ3v) is 3.33. The minimum absolute atomic E-state index is 0.000556. The molecule has 1 saturated heterocycles. The van der Waals surface area contributed by atoms with Gasteiger partial charge in [-0.1, -0.05) is 25.1 Å². The highest BCUT2D eigenvalue weighted by molar-refractivity contribution is 5.22. The van der Waals surface area contributed by atoms with Crippen LogP contribution in [0.25, 0.3) is 0 Å². The van der Waals surface area contributed by atoms with Crippen molar-refractivity contribution < 1.29 is 9.13 Å². The number of hydrogen-bond acceptors (Lipinski definition) is 3. The number of ether oxygens (including phenoxy) is 1. The fourth-order valence-electron chi connectivity index (χ4n) is 2.40. The highest BCUT2D eigenvalue weighted by Crippen LogP contribution is 2.24. The van der Waals surface area contributed by atoms with E-state index in [0.717, 1.165) is 19.6 Å². The van der Waals surface area contributed by atoms with Crippen LogP contribution in [-0.4, -0.2) is 44.3 Å². The molecule has 0 bridgehead atoms. The number of halogens is 1. The van der Waals surface area contributed by atoms with E-state index >= 15 is 0 Å². The molecule has 2 rings (SSSR count). The molecule has 1 N–H and O–H groups in total. The first-order valence-corrected chi connectivity index (χ1v) is 6.50. The van der Waals surface area contributed by atoms with Gasteiger partial charge in [0.1, 0.15) is 5.82 Å². The van der Waals surface area contributed by atoms with Gasteiger partial charge in [-0.2, -0.15) is 0 Å². The average Bonchev–Trinajstić information content (AvgIpc) is 2.37. The summed E-state index contributed by atoms with van der Waals surface area (Å²) in [5.41, 5.74) is 0.694. The van der Waals surface area contributed by atoms with Crippen LogP contribution in [0, 0.1) is 5.82 Å². The Kier molecular flexibility index (Phi) is 4.69. The summed E-state index contributed by atoms with van der Waals surface area (Å²) in [6, 6.07) is 6.84. The molecule has 0 saturated carbocycles. The van der Waals surface area contributed by atoms with Crippen LogP contribution in [-0.2, 0) is 4.74 Å². The summed E-state index contributed by atoms with van der Waals surface area (Å²) in [5.74, 6) is -0.166. The molecule has 2 atom stereocenters. The first-order valence-electron chi connectivity index (χ1n) is 6.50. The number of rotatable bonds is 4. The molecule has 0 aromatic heterocycles. The first kappa shape index (κ1) is 13.5. The second-order valence-corrected chi connectivity index (χ2v) is 4.73. The second kappa shape index (κ2) is 6.27. The number of morpholine rings is 1. The summed E-state index contributed by atoms with van der Waals surface area (Å²) in [6.07, 6.45) is 0.000556. The third-order valence-electron chi connectivity index (χ3n) is 3.33. The zero-order chi connectivity index (χ0) is 13.0. The number of likely N-dealkylation sites (N-methyl/N-ethyl adjacent to an activating group) is 2. The number of nitrogens with one attached hydrogen (secondary N) is 1. The van der Waals surface area contributed by atoms with Gasteiger partial charge in [0.2, 0.25) is 0 Å². The van der Waals surface area contributed by atoms with Gasteiger partial charge in [0.05, 0.1) is 18.8 Å². The van der Waals surface area contributed by atoms with E-state index in [9.17, 15) is 4.39 Å². The summed E-state index contributed by atoms with van der Waals surface area (Å²) in [7, 11) is 2.07. The molecule has 0 amide bonds. The van der Waals surface area contributed by atoms with Crippen molar-refractivity contribution in [3.05, 3.63) is 35.6 Å². The van der Waals surface area contributed by atoms with Crippen molar-refractivity contribution >= 4 is 0 Å². The number of nitrogens with zero attached hydrogens (tertiary/aromatic N) is 1. The minimum Gasteiger partial charge on any atom is -0.374 e. The van der Waals surface area contributed by atoms with Crippen LogP contribution < -0.4 is 5.32 Å². The van der Waals surface area contributed by atoms with Crippen molar-refractivity contribution in [1.82, 2.24) is 10.2 Å². The van der Waals surface area contributed by atoms with Crippen molar-refractivity contribution in [2.45, 2.75) is 19.1 Å². The molecule has 3 nitrogen and oxygen atoms in total. The zero-order valence-electron chi connectivity index (χ0n) is 11.0. The molecule has 4 heteroatoms. The molecule has 1 aliphatic heterocycles. The van der Waals surface area contributed by atoms with Gasteiger partial charge >= 0.3 is 0 Å². The standard InChI is InChI=1S/C14H21FN2O/c1-3-16-14(11-6-4-5-7-12(11)15)13-10-17(2)8-9-18-13/h4-7,13-14,16H,3,8-10H2,1-2H3. The fourth-order valence-corrected chi connectivity index (χ4v) is 2.40. The maximum atomic E-state index is 13.9. The van der Waals surface area contributed by atoms with E-state index in [-0.39, 0.29) is 18.0 Å². The topological polar surface area (TPSA) is 24.5 Å². The zero-order valence-corrected chi connectivity index (χ0v) is 11.0. The Bertz CT molecular complexity index is 386. The highest BCUT2D eigenvalue weighted by Gasteiger charge is 2.28. The van der Waals surface area contributed by atoms with Crippen LogP contribution >= 0.6 is 0 Å². The largest absolute Gasteiger partial charge is 0.374 e. The van der Waals surface area contributed by atoms with Crippen molar-refractivity contribution in [2.24, 2.45) is 0 Å². The van der Waals surface area contributed by atoms with Crippen molar-refractivity contribution in [1.29, 1.82) is 0 Å². The van der Waals surface area contributed by atoms with Crippen LogP contribution in [0.15, 0.2) is 24.3 Å². The Balaban J connectivity index is 2.19. The molecule has 1 fully saturated rings. The number of hydrogen-bond donors (Lipinski definition) is 1. The van der Waals surface area contributed by atoms with Gasteiger partial charge in [-0.15, -0.1) is 0 Å². The van der Waals surface area contributed by atoms with Crippen LogP contribution in [0.3, 0.4) is 0 Å². The van der Waals surface area contributed by atoms with Gasteiger partial charge in [-0.3, -0.25) is 0 Å². The number of benzene rings is 1. The SMILES string of the molecule is CCNC(c1ccccc1F)C1CN(C)CCO1. The normalized spacial score (nSPS) is 22.9. The lowest BCUT2D eigenvalue weighted by molar-refractivity contribution is -0.0395. The lowest BCUT2D eigenvalue weighted by atomic mass is 9.99. The molecule has 1 aliphatic rings. The average molecular weight is 252 g/mol. The van der Waals surface area contributed by atoms with Crippen molar-refractivity contribution in [3.63, 3.8) is 0 Å². The predicted octanol–water partition coefficient (Wildman–Crippen LogP) is 1.81. The van der Waals surface area contributed by atoms with Gasteiger partial charge in [-0.05, 0) is 19.7 Å². The van der Waals surface area contributed by atoms with E-state index in [4.69, 9.17) is 4.74 Å². The van der Waals surface area contributed by atoms with E-state index in [1.54, 1.807) is 6.07 Å². The lowest BCUT2D eigenvalue weighted by Crippen LogP contribution is -2.46. The molecule has 1 aromatic rings. The smallest absolute Gasteiger partial charge is 0.128 e. The van der Waals surface area contributed by atoms with E-state index in [0.29, 0.717) is 12.2 Å². The molecule has 0 radical (unpaired) electrons. The van der Waals surface area contributed by atoms with E-state index < -0.39 is 0 Å². The molecule has 1 heterocycles. The van der Waals surface area contributed by atoms with Gasteiger partial charge in [0, 0.05) is 18.7 Å². The lowest BCUT2D eigenvalue weighted by Gasteiger charge is -2.35. The monoisotopic (exact) mass is 252 g/mol. The second-order valence-electron chi connectivity index (χ2n) is 4.73. The third kappa shape index (κ3) is 3.07. The maximum absolute atomic E-state index is 13.9. The van der Waals surface area contributed by atoms with Crippen molar-refractivity contribution in [3.8, 4) is 0 Å². The fraction of sp³-hybridized carbons (Fsp3) is 0.571. The molecule has 1 aromatic carbocycles. The van der Waals surface area contributed by atoms with Gasteiger partial charge in [0.25, 0.3) is 0 Å². The molecule has 0 spiro atoms. The van der Waals surface area contributed by atoms with Gasteiger partial charge < -0.3 is 15.0 Å². The Morgan fingerprint density at radius 1 is 1.50 bits per heavy atom. The maximum Gasteiger partial charge on any atom is 0.128 e. The Morgan fingerprint density at radius 3 is 2.94 bits per heavy atom. The van der Waals surface area contributed by atoms with Crippen molar-refractivity contribution in [2.75, 3.05) is 33.3 Å². The molecule has 100 valence electrons. The highest BCUT2D eigenvalue weighted by atomic mass is 19.1. The van der Waals surface area contributed by atoms with Gasteiger partial charge in [-0.25, -0.2) is 4.39 Å². The molecule has 18 heavy (non-hydrogen) atoms. The minimum atomic E-state index is -0.166. The summed E-state index contributed by atoms with van der Waals surface area (Å²) < 4.78 is 19.7.